The van der Waals surface area contributed by atoms with Crippen LogP contribution in [0, 0.1) is 0 Å². The smallest absolute Gasteiger partial charge is 0.0635 e. The number of halogens is 1. The minimum Gasteiger partial charge on any atom is -0.317 e. The van der Waals surface area contributed by atoms with Crippen molar-refractivity contribution in [1.82, 2.24) is 15.1 Å². The largest absolute Gasteiger partial charge is 0.317 e. The van der Waals surface area contributed by atoms with Gasteiger partial charge in [-0.15, -0.1) is 0 Å². The van der Waals surface area contributed by atoms with Crippen LogP contribution in [0.5, 0.6) is 0 Å². The first-order chi connectivity index (χ1) is 7.76. The molecule has 0 saturated heterocycles. The van der Waals surface area contributed by atoms with Gasteiger partial charge in [-0.3, -0.25) is 4.68 Å². The molecule has 3 nitrogen and oxygen atoms in total. The topological polar surface area (TPSA) is 29.9 Å². The fourth-order valence-corrected chi connectivity index (χ4v) is 3.28. The van der Waals surface area contributed by atoms with Crippen LogP contribution in [0.3, 0.4) is 0 Å². The minimum absolute atomic E-state index is 0.667. The second kappa shape index (κ2) is 5.32. The van der Waals surface area contributed by atoms with Crippen LogP contribution < -0.4 is 5.32 Å². The third-order valence-corrected chi connectivity index (χ3v) is 4.11. The average Bonchev–Trinajstić information content (AvgIpc) is 2.86. The molecule has 1 saturated carbocycles. The molecule has 1 N–H and O–H groups in total. The molecule has 1 aromatic rings. The van der Waals surface area contributed by atoms with Gasteiger partial charge < -0.3 is 5.32 Å². The van der Waals surface area contributed by atoms with Crippen LogP contribution in [0.25, 0.3) is 0 Å². The molecule has 1 aliphatic carbocycles. The van der Waals surface area contributed by atoms with Gasteiger partial charge in [-0.05, 0) is 48.7 Å². The first kappa shape index (κ1) is 12.1. The molecule has 0 bridgehead atoms. The zero-order valence-corrected chi connectivity index (χ0v) is 11.6. The fourth-order valence-electron chi connectivity index (χ4n) is 2.66. The van der Waals surface area contributed by atoms with Crippen LogP contribution in [0.2, 0.25) is 0 Å². The van der Waals surface area contributed by atoms with Crippen molar-refractivity contribution in [3.63, 3.8) is 0 Å². The Labute approximate surface area is 106 Å². The van der Waals surface area contributed by atoms with Gasteiger partial charge >= 0.3 is 0 Å². The number of hydrogen-bond acceptors (Lipinski definition) is 2. The third kappa shape index (κ3) is 2.33. The fraction of sp³-hybridized carbons (Fsp3) is 0.750. The van der Waals surface area contributed by atoms with E-state index in [1.54, 1.807) is 0 Å². The molecule has 0 radical (unpaired) electrons. The van der Waals surface area contributed by atoms with Crippen molar-refractivity contribution < 1.29 is 0 Å². The Kier molecular flexibility index (Phi) is 4.03. The van der Waals surface area contributed by atoms with E-state index < -0.39 is 0 Å². The van der Waals surface area contributed by atoms with Crippen LogP contribution in [-0.4, -0.2) is 22.9 Å². The van der Waals surface area contributed by atoms with E-state index in [4.69, 9.17) is 0 Å². The summed E-state index contributed by atoms with van der Waals surface area (Å²) in [6.45, 7) is 3.23. The second-order valence-corrected chi connectivity index (χ2v) is 5.45. The molecule has 16 heavy (non-hydrogen) atoms. The number of aryl methyl sites for hydroxylation is 1. The average molecular weight is 286 g/mol. The summed E-state index contributed by atoms with van der Waals surface area (Å²) in [4.78, 5) is 0. The van der Waals surface area contributed by atoms with Gasteiger partial charge in [0.05, 0.1) is 16.4 Å². The van der Waals surface area contributed by atoms with Gasteiger partial charge in [0.15, 0.2) is 0 Å². The van der Waals surface area contributed by atoms with Gasteiger partial charge in [0.1, 0.15) is 0 Å². The highest BCUT2D eigenvalue weighted by molar-refractivity contribution is 9.10. The van der Waals surface area contributed by atoms with Gasteiger partial charge in [-0.2, -0.15) is 5.10 Å². The SMILES string of the molecule is CCCn1ncc(Br)c1C1CCC(NC)C1. The summed E-state index contributed by atoms with van der Waals surface area (Å²) >= 11 is 3.64. The van der Waals surface area contributed by atoms with Crippen LogP contribution in [-0.2, 0) is 6.54 Å². The Balaban J connectivity index is 2.16. The van der Waals surface area contributed by atoms with Crippen molar-refractivity contribution in [3.05, 3.63) is 16.4 Å². The van der Waals surface area contributed by atoms with Crippen LogP contribution in [0.1, 0.15) is 44.2 Å². The molecule has 0 spiro atoms. The normalized spacial score (nSPS) is 25.2. The molecule has 90 valence electrons. The van der Waals surface area contributed by atoms with E-state index in [9.17, 15) is 0 Å². The Morgan fingerprint density at radius 1 is 1.56 bits per heavy atom. The lowest BCUT2D eigenvalue weighted by atomic mass is 10.0. The Bertz CT molecular complexity index is 348. The van der Waals surface area contributed by atoms with E-state index in [1.807, 2.05) is 6.20 Å². The highest BCUT2D eigenvalue weighted by atomic mass is 79.9. The van der Waals surface area contributed by atoms with Crippen LogP contribution >= 0.6 is 15.9 Å². The zero-order chi connectivity index (χ0) is 11.5. The molecule has 2 rings (SSSR count). The van der Waals surface area contributed by atoms with Gasteiger partial charge in [-0.25, -0.2) is 0 Å². The molecule has 1 heterocycles. The third-order valence-electron chi connectivity index (χ3n) is 3.50. The monoisotopic (exact) mass is 285 g/mol. The number of rotatable bonds is 4. The summed E-state index contributed by atoms with van der Waals surface area (Å²) in [5.74, 6) is 0.667. The molecular weight excluding hydrogens is 266 g/mol. The quantitative estimate of drug-likeness (QED) is 0.922. The molecule has 0 aliphatic heterocycles. The van der Waals surface area contributed by atoms with E-state index in [-0.39, 0.29) is 0 Å². The number of hydrogen-bond donors (Lipinski definition) is 1. The van der Waals surface area contributed by atoms with E-state index in [1.165, 1.54) is 29.4 Å². The van der Waals surface area contributed by atoms with E-state index >= 15 is 0 Å². The van der Waals surface area contributed by atoms with Crippen molar-refractivity contribution >= 4 is 15.9 Å². The standard InChI is InChI=1S/C12H20BrN3/c1-3-6-16-12(11(13)8-15-16)9-4-5-10(7-9)14-2/h8-10,14H,3-7H2,1-2H3. The van der Waals surface area contributed by atoms with Crippen molar-refractivity contribution in [2.75, 3.05) is 7.05 Å². The van der Waals surface area contributed by atoms with Gasteiger partial charge in [-0.1, -0.05) is 6.92 Å². The Morgan fingerprint density at radius 3 is 3.00 bits per heavy atom. The summed E-state index contributed by atoms with van der Waals surface area (Å²) in [6.07, 6.45) is 6.88. The molecular formula is C12H20BrN3. The summed E-state index contributed by atoms with van der Waals surface area (Å²) < 4.78 is 3.36. The second-order valence-electron chi connectivity index (χ2n) is 4.60. The number of aromatic nitrogens is 2. The number of nitrogens with zero attached hydrogens (tertiary/aromatic N) is 2. The van der Waals surface area contributed by atoms with Gasteiger partial charge in [0, 0.05) is 18.5 Å². The molecule has 0 aromatic carbocycles. The molecule has 0 amide bonds. The van der Waals surface area contributed by atoms with Crippen molar-refractivity contribution in [1.29, 1.82) is 0 Å². The van der Waals surface area contributed by atoms with Crippen molar-refractivity contribution in [2.24, 2.45) is 0 Å². The maximum absolute atomic E-state index is 4.45. The van der Waals surface area contributed by atoms with Crippen LogP contribution in [0.4, 0.5) is 0 Å². The summed E-state index contributed by atoms with van der Waals surface area (Å²) in [5, 5.41) is 7.83. The maximum atomic E-state index is 4.45. The lowest BCUT2D eigenvalue weighted by molar-refractivity contribution is 0.522. The predicted molar refractivity (Wildman–Crippen MR) is 69.7 cm³/mol. The highest BCUT2D eigenvalue weighted by Gasteiger charge is 2.28. The lowest BCUT2D eigenvalue weighted by Crippen LogP contribution is -2.21. The zero-order valence-electron chi connectivity index (χ0n) is 10.0. The van der Waals surface area contributed by atoms with Gasteiger partial charge in [0.25, 0.3) is 0 Å². The van der Waals surface area contributed by atoms with E-state index in [0.717, 1.165) is 13.0 Å². The Morgan fingerprint density at radius 2 is 2.38 bits per heavy atom. The highest BCUT2D eigenvalue weighted by Crippen LogP contribution is 2.37. The first-order valence-corrected chi connectivity index (χ1v) is 6.94. The van der Waals surface area contributed by atoms with Crippen LogP contribution in [0.15, 0.2) is 10.7 Å². The minimum atomic E-state index is 0.667. The lowest BCUT2D eigenvalue weighted by Gasteiger charge is -2.14. The predicted octanol–water partition coefficient (Wildman–Crippen LogP) is 2.91. The van der Waals surface area contributed by atoms with E-state index in [2.05, 4.69) is 45.0 Å². The molecule has 2 unspecified atom stereocenters. The summed E-state index contributed by atoms with van der Waals surface area (Å²) in [5.41, 5.74) is 1.40. The molecule has 1 aromatic heterocycles. The summed E-state index contributed by atoms with van der Waals surface area (Å²) in [6, 6.07) is 0.682. The summed E-state index contributed by atoms with van der Waals surface area (Å²) in [7, 11) is 2.06. The first-order valence-electron chi connectivity index (χ1n) is 6.14. The van der Waals surface area contributed by atoms with Crippen molar-refractivity contribution in [3.8, 4) is 0 Å². The molecule has 1 aliphatic rings. The molecule has 4 heteroatoms. The van der Waals surface area contributed by atoms with E-state index in [0.29, 0.717) is 12.0 Å². The van der Waals surface area contributed by atoms with Gasteiger partial charge in [0.2, 0.25) is 0 Å². The molecule has 1 fully saturated rings. The van der Waals surface area contributed by atoms with Crippen molar-refractivity contribution in [2.45, 2.75) is 51.1 Å². The molecule has 2 atom stereocenters. The maximum Gasteiger partial charge on any atom is 0.0635 e. The Hall–Kier alpha value is -0.350. The number of nitrogens with one attached hydrogen (secondary N) is 1.